The van der Waals surface area contributed by atoms with Gasteiger partial charge in [-0.3, -0.25) is 9.69 Å². The van der Waals surface area contributed by atoms with Crippen molar-refractivity contribution in [3.8, 4) is 5.75 Å². The lowest BCUT2D eigenvalue weighted by Gasteiger charge is -2.23. The molecular formula is C17H22N4O2S. The number of aryl methyl sites for hydroxylation is 1. The summed E-state index contributed by atoms with van der Waals surface area (Å²) in [4.78, 5) is 20.1. The van der Waals surface area contributed by atoms with Crippen molar-refractivity contribution in [3.63, 3.8) is 0 Å². The van der Waals surface area contributed by atoms with E-state index in [0.717, 1.165) is 35.5 Å². The number of nitrogens with two attached hydrogens (primary N) is 1. The highest BCUT2D eigenvalue weighted by Crippen LogP contribution is 2.28. The molecule has 1 fully saturated rings. The Morgan fingerprint density at radius 1 is 1.54 bits per heavy atom. The fourth-order valence-corrected chi connectivity index (χ4v) is 3.75. The molecule has 0 bridgehead atoms. The smallest absolute Gasteiger partial charge is 0.241 e. The first-order valence-electron chi connectivity index (χ1n) is 7.96. The lowest BCUT2D eigenvalue weighted by atomic mass is 10.1. The molecule has 1 aliphatic heterocycles. The highest BCUT2D eigenvalue weighted by molar-refractivity contribution is 7.15. The lowest BCUT2D eigenvalue weighted by Crippen LogP contribution is -2.39. The number of thiazole rings is 1. The number of methoxy groups -OCH3 is 1. The molecule has 3 rings (SSSR count). The first-order chi connectivity index (χ1) is 11.6. The number of aromatic nitrogens is 1. The SMILES string of the molecule is COc1ccc(C)cc1NC(=O)C1CCCN1Cc1cnc(N)s1. The average molecular weight is 346 g/mol. The molecule has 7 heteroatoms. The summed E-state index contributed by atoms with van der Waals surface area (Å²) in [5, 5.41) is 3.59. The third-order valence-corrected chi connectivity index (χ3v) is 5.02. The molecule has 0 spiro atoms. The van der Waals surface area contributed by atoms with Crippen molar-refractivity contribution in [2.75, 3.05) is 24.7 Å². The van der Waals surface area contributed by atoms with Crippen LogP contribution >= 0.6 is 11.3 Å². The molecule has 0 radical (unpaired) electrons. The molecule has 1 unspecified atom stereocenters. The summed E-state index contributed by atoms with van der Waals surface area (Å²) in [6.07, 6.45) is 3.66. The van der Waals surface area contributed by atoms with Crippen molar-refractivity contribution in [3.05, 3.63) is 34.8 Å². The van der Waals surface area contributed by atoms with E-state index in [-0.39, 0.29) is 11.9 Å². The van der Waals surface area contributed by atoms with Crippen LogP contribution in [-0.2, 0) is 11.3 Å². The molecule has 1 amide bonds. The fraction of sp³-hybridized carbons (Fsp3) is 0.412. The van der Waals surface area contributed by atoms with Gasteiger partial charge in [0.15, 0.2) is 5.13 Å². The predicted octanol–water partition coefficient (Wildman–Crippen LogP) is 2.65. The second kappa shape index (κ2) is 7.19. The predicted molar refractivity (Wildman–Crippen MR) is 96.3 cm³/mol. The number of hydrogen-bond acceptors (Lipinski definition) is 6. The second-order valence-electron chi connectivity index (χ2n) is 5.99. The number of nitrogens with one attached hydrogen (secondary N) is 1. The first kappa shape index (κ1) is 16.7. The quantitative estimate of drug-likeness (QED) is 0.870. The van der Waals surface area contributed by atoms with Gasteiger partial charge < -0.3 is 15.8 Å². The van der Waals surface area contributed by atoms with E-state index in [9.17, 15) is 4.79 Å². The minimum absolute atomic E-state index is 0.00823. The number of carbonyl (C=O) groups is 1. The van der Waals surface area contributed by atoms with Crippen LogP contribution in [0, 0.1) is 6.92 Å². The van der Waals surface area contributed by atoms with Crippen LogP contribution in [0.25, 0.3) is 0 Å². The number of ether oxygens (including phenoxy) is 1. The Labute approximate surface area is 145 Å². The topological polar surface area (TPSA) is 80.5 Å². The number of rotatable bonds is 5. The van der Waals surface area contributed by atoms with Gasteiger partial charge in [-0.2, -0.15) is 0 Å². The monoisotopic (exact) mass is 346 g/mol. The van der Waals surface area contributed by atoms with Gasteiger partial charge in [0, 0.05) is 17.6 Å². The molecule has 0 aliphatic carbocycles. The molecule has 1 aliphatic rings. The molecule has 1 aromatic carbocycles. The van der Waals surface area contributed by atoms with E-state index in [1.807, 2.05) is 25.1 Å². The molecule has 1 aromatic heterocycles. The van der Waals surface area contributed by atoms with Gasteiger partial charge >= 0.3 is 0 Å². The molecular weight excluding hydrogens is 324 g/mol. The normalized spacial score (nSPS) is 17.8. The summed E-state index contributed by atoms with van der Waals surface area (Å²) in [6.45, 7) is 3.60. The molecule has 1 saturated heterocycles. The van der Waals surface area contributed by atoms with Crippen molar-refractivity contribution in [2.24, 2.45) is 0 Å². The average Bonchev–Trinajstić information content (AvgIpc) is 3.17. The Hall–Kier alpha value is -2.12. The molecule has 128 valence electrons. The van der Waals surface area contributed by atoms with Crippen molar-refractivity contribution < 1.29 is 9.53 Å². The molecule has 6 nitrogen and oxygen atoms in total. The van der Waals surface area contributed by atoms with Crippen LogP contribution in [0.2, 0.25) is 0 Å². The number of likely N-dealkylation sites (tertiary alicyclic amines) is 1. The number of nitrogens with zero attached hydrogens (tertiary/aromatic N) is 2. The van der Waals surface area contributed by atoms with E-state index in [2.05, 4.69) is 15.2 Å². The van der Waals surface area contributed by atoms with Crippen LogP contribution in [0.4, 0.5) is 10.8 Å². The Kier molecular flexibility index (Phi) is 5.01. The lowest BCUT2D eigenvalue weighted by molar-refractivity contribution is -0.120. The van der Waals surface area contributed by atoms with Crippen LogP contribution in [0.15, 0.2) is 24.4 Å². The molecule has 0 saturated carbocycles. The minimum atomic E-state index is -0.140. The minimum Gasteiger partial charge on any atom is -0.495 e. The van der Waals surface area contributed by atoms with E-state index in [4.69, 9.17) is 10.5 Å². The number of carbonyl (C=O) groups excluding carboxylic acids is 1. The highest BCUT2D eigenvalue weighted by Gasteiger charge is 2.31. The standard InChI is InChI=1S/C17H22N4O2S/c1-11-5-6-15(23-2)13(8-11)20-16(22)14-4-3-7-21(14)10-12-9-19-17(18)24-12/h5-6,8-9,14H,3-4,7,10H2,1-2H3,(H2,18,19)(H,20,22). The zero-order chi connectivity index (χ0) is 17.1. The third-order valence-electron chi connectivity index (χ3n) is 4.21. The Balaban J connectivity index is 1.70. The second-order valence-corrected chi connectivity index (χ2v) is 7.13. The number of nitrogen functional groups attached to an aromatic ring is 1. The first-order valence-corrected chi connectivity index (χ1v) is 8.78. The summed E-state index contributed by atoms with van der Waals surface area (Å²) < 4.78 is 5.34. The zero-order valence-corrected chi connectivity index (χ0v) is 14.7. The maximum atomic E-state index is 12.8. The summed E-state index contributed by atoms with van der Waals surface area (Å²) in [7, 11) is 1.61. The summed E-state index contributed by atoms with van der Waals surface area (Å²) in [5.41, 5.74) is 7.49. The highest BCUT2D eigenvalue weighted by atomic mass is 32.1. The molecule has 2 aromatic rings. The molecule has 1 atom stereocenters. The number of hydrogen-bond donors (Lipinski definition) is 2. The number of benzene rings is 1. The summed E-state index contributed by atoms with van der Waals surface area (Å²) in [6, 6.07) is 5.63. The maximum absolute atomic E-state index is 12.8. The van der Waals surface area contributed by atoms with Gasteiger partial charge in [0.25, 0.3) is 0 Å². The van der Waals surface area contributed by atoms with Crippen molar-refractivity contribution in [1.29, 1.82) is 0 Å². The van der Waals surface area contributed by atoms with E-state index in [1.165, 1.54) is 11.3 Å². The van der Waals surface area contributed by atoms with Crippen molar-refractivity contribution >= 4 is 28.1 Å². The van der Waals surface area contributed by atoms with Gasteiger partial charge in [-0.15, -0.1) is 11.3 Å². The maximum Gasteiger partial charge on any atom is 0.241 e. The van der Waals surface area contributed by atoms with Crippen LogP contribution in [0.5, 0.6) is 5.75 Å². The zero-order valence-electron chi connectivity index (χ0n) is 13.9. The van der Waals surface area contributed by atoms with Gasteiger partial charge in [0.2, 0.25) is 5.91 Å². The Morgan fingerprint density at radius 3 is 3.08 bits per heavy atom. The van der Waals surface area contributed by atoms with Gasteiger partial charge in [0.05, 0.1) is 18.8 Å². The Bertz CT molecular complexity index is 731. The van der Waals surface area contributed by atoms with Crippen molar-refractivity contribution in [2.45, 2.75) is 32.4 Å². The van der Waals surface area contributed by atoms with E-state index >= 15 is 0 Å². The number of anilines is 2. The van der Waals surface area contributed by atoms with E-state index < -0.39 is 0 Å². The van der Waals surface area contributed by atoms with Gasteiger partial charge in [-0.05, 0) is 44.0 Å². The Morgan fingerprint density at radius 2 is 2.38 bits per heavy atom. The third kappa shape index (κ3) is 3.68. The van der Waals surface area contributed by atoms with E-state index in [0.29, 0.717) is 17.4 Å². The van der Waals surface area contributed by atoms with Gasteiger partial charge in [0.1, 0.15) is 5.75 Å². The summed E-state index contributed by atoms with van der Waals surface area (Å²) in [5.74, 6) is 0.683. The van der Waals surface area contributed by atoms with Gasteiger partial charge in [-0.25, -0.2) is 4.98 Å². The summed E-state index contributed by atoms with van der Waals surface area (Å²) >= 11 is 1.47. The van der Waals surface area contributed by atoms with Crippen LogP contribution in [0.3, 0.4) is 0 Å². The largest absolute Gasteiger partial charge is 0.495 e. The van der Waals surface area contributed by atoms with Crippen LogP contribution in [0.1, 0.15) is 23.3 Å². The fourth-order valence-electron chi connectivity index (χ4n) is 3.04. The van der Waals surface area contributed by atoms with E-state index in [1.54, 1.807) is 13.3 Å². The number of amides is 1. The van der Waals surface area contributed by atoms with Crippen molar-refractivity contribution in [1.82, 2.24) is 9.88 Å². The van der Waals surface area contributed by atoms with Gasteiger partial charge in [-0.1, -0.05) is 6.07 Å². The van der Waals surface area contributed by atoms with Crippen LogP contribution in [-0.4, -0.2) is 35.5 Å². The molecule has 24 heavy (non-hydrogen) atoms. The molecule has 2 heterocycles. The molecule has 3 N–H and O–H groups in total. The van der Waals surface area contributed by atoms with Crippen LogP contribution < -0.4 is 15.8 Å².